The summed E-state index contributed by atoms with van der Waals surface area (Å²) in [5.74, 6) is -2.05. The van der Waals surface area contributed by atoms with Gasteiger partial charge < -0.3 is 31.1 Å². The van der Waals surface area contributed by atoms with E-state index in [0.29, 0.717) is 22.4 Å². The maximum Gasteiger partial charge on any atom is 2.00 e. The quantitative estimate of drug-likeness (QED) is 0.115. The van der Waals surface area contributed by atoms with Crippen molar-refractivity contribution < 1.29 is 63.3 Å². The van der Waals surface area contributed by atoms with Crippen LogP contribution in [0.5, 0.6) is 11.5 Å². The molecule has 71 heavy (non-hydrogen) atoms. The molecule has 0 spiro atoms. The van der Waals surface area contributed by atoms with Crippen molar-refractivity contribution in [3.63, 3.8) is 0 Å². The molecule has 2 aliphatic rings. The van der Waals surface area contributed by atoms with E-state index in [1.165, 1.54) is 20.7 Å². The molecule has 10 rings (SSSR count). The number of carbonyl (C=O) groups is 2. The normalized spacial score (nSPS) is 15.2. The number of carboxylic acids is 2. The summed E-state index contributed by atoms with van der Waals surface area (Å²) in [6.07, 6.45) is -1.49. The van der Waals surface area contributed by atoms with Crippen LogP contribution in [-0.2, 0) is 59.2 Å². The molecule has 2 atom stereocenters. The number of anilines is 2. The van der Waals surface area contributed by atoms with Crippen LogP contribution in [0.25, 0.3) is 21.8 Å². The summed E-state index contributed by atoms with van der Waals surface area (Å²) in [5, 5.41) is 47.6. The first-order chi connectivity index (χ1) is 33.3. The molecule has 2 aromatic heterocycles. The van der Waals surface area contributed by atoms with Crippen LogP contribution >= 0.6 is 0 Å². The number of rotatable bonds is 6. The van der Waals surface area contributed by atoms with Crippen molar-refractivity contribution in [2.24, 2.45) is 0 Å². The fourth-order valence-corrected chi connectivity index (χ4v) is 10.7. The molecule has 16 nitrogen and oxygen atoms in total. The maximum absolute atomic E-state index is 13.6. The molecule has 6 aromatic carbocycles. The summed E-state index contributed by atoms with van der Waals surface area (Å²) in [6.45, 7) is 6.39. The molecule has 368 valence electrons. The number of hydrogen-bond acceptors (Lipinski definition) is 12. The summed E-state index contributed by atoms with van der Waals surface area (Å²) >= 11 is 0. The van der Waals surface area contributed by atoms with E-state index in [1.54, 1.807) is 84.9 Å². The molecular formula is C52H48N6NiO10S2. The first-order valence-electron chi connectivity index (χ1n) is 21.7. The van der Waals surface area contributed by atoms with E-state index in [4.69, 9.17) is 19.8 Å². The first kappa shape index (κ1) is 53.0. The Labute approximate surface area is 421 Å². The second-order valence-corrected chi connectivity index (χ2v) is 20.1. The number of hydrogen-bond donors (Lipinski definition) is 4. The van der Waals surface area contributed by atoms with E-state index in [-0.39, 0.29) is 50.9 Å². The smallest absolute Gasteiger partial charge is 0.871 e. The number of aromatic nitrogens is 2. The van der Waals surface area contributed by atoms with Crippen LogP contribution in [0.3, 0.4) is 0 Å². The van der Waals surface area contributed by atoms with Crippen LogP contribution in [0, 0.1) is 13.8 Å². The zero-order valence-electron chi connectivity index (χ0n) is 38.7. The number of fused-ring (bicyclic) bond motifs is 4. The number of nitrogens with one attached hydrogen (secondary N) is 2. The van der Waals surface area contributed by atoms with Crippen molar-refractivity contribution in [2.75, 3.05) is 10.6 Å². The monoisotopic (exact) mass is 1040 g/mol. The van der Waals surface area contributed by atoms with Gasteiger partial charge in [0, 0.05) is 38.3 Å². The van der Waals surface area contributed by atoms with Gasteiger partial charge in [-0.1, -0.05) is 132 Å². The number of benzene rings is 6. The van der Waals surface area contributed by atoms with Crippen molar-refractivity contribution >= 4 is 65.2 Å². The molecule has 0 saturated carbocycles. The zero-order chi connectivity index (χ0) is 50.3. The van der Waals surface area contributed by atoms with E-state index in [2.05, 4.69) is 20.6 Å². The van der Waals surface area contributed by atoms with Gasteiger partial charge in [-0.05, 0) is 84.3 Å². The summed E-state index contributed by atoms with van der Waals surface area (Å²) in [6, 6.07) is 45.9. The number of nitrogens with zero attached hydrogens (tertiary/aromatic N) is 4. The van der Waals surface area contributed by atoms with Gasteiger partial charge >= 0.3 is 16.5 Å². The number of sulfonamides is 2. The van der Waals surface area contributed by atoms with E-state index in [9.17, 15) is 27.0 Å². The zero-order valence-corrected chi connectivity index (χ0v) is 41.3. The van der Waals surface area contributed by atoms with Gasteiger partial charge in [0.2, 0.25) is 20.0 Å². The third kappa shape index (κ3) is 12.3. The predicted octanol–water partition coefficient (Wildman–Crippen LogP) is 8.04. The van der Waals surface area contributed by atoms with Crippen LogP contribution < -0.4 is 20.8 Å². The van der Waals surface area contributed by atoms with Gasteiger partial charge in [-0.15, -0.1) is 0 Å². The number of aryl methyl sites for hydroxylation is 2. The predicted molar refractivity (Wildman–Crippen MR) is 262 cm³/mol. The molecule has 0 bridgehead atoms. The van der Waals surface area contributed by atoms with Gasteiger partial charge in [-0.25, -0.2) is 26.8 Å². The van der Waals surface area contributed by atoms with Crippen LogP contribution in [-0.4, -0.2) is 57.6 Å². The van der Waals surface area contributed by atoms with E-state index in [1.807, 2.05) is 74.5 Å². The number of carboxylic acid groups (broad SMARTS) is 2. The molecule has 4 N–H and O–H groups in total. The average Bonchev–Trinajstić information content (AvgIpc) is 3.33. The Kier molecular flexibility index (Phi) is 16.8. The molecule has 4 heterocycles. The Morgan fingerprint density at radius 1 is 0.521 bits per heavy atom. The van der Waals surface area contributed by atoms with Crippen molar-refractivity contribution in [1.82, 2.24) is 18.6 Å². The Hall–Kier alpha value is -7.41. The van der Waals surface area contributed by atoms with Crippen molar-refractivity contribution in [1.29, 1.82) is 0 Å². The Morgan fingerprint density at radius 3 is 1.21 bits per heavy atom. The third-order valence-corrected chi connectivity index (χ3v) is 14.7. The number of para-hydroxylation sites is 4. The molecule has 0 amide bonds. The first-order valence-corrected chi connectivity index (χ1v) is 24.6. The van der Waals surface area contributed by atoms with E-state index in [0.717, 1.165) is 58.2 Å². The largest absolute Gasteiger partial charge is 2.00 e. The molecule has 0 saturated heterocycles. The van der Waals surface area contributed by atoms with E-state index >= 15 is 0 Å². The summed E-state index contributed by atoms with van der Waals surface area (Å²) < 4.78 is 57.3. The molecule has 0 radical (unpaired) electrons. The van der Waals surface area contributed by atoms with Gasteiger partial charge in [-0.2, -0.15) is 8.61 Å². The van der Waals surface area contributed by atoms with Crippen molar-refractivity contribution in [2.45, 2.75) is 62.9 Å². The average molecular weight is 1040 g/mol. The van der Waals surface area contributed by atoms with Gasteiger partial charge in [0.1, 0.15) is 12.3 Å². The van der Waals surface area contributed by atoms with Crippen LogP contribution in [0.2, 0.25) is 0 Å². The minimum Gasteiger partial charge on any atom is -0.871 e. The molecule has 2 aliphatic heterocycles. The second kappa shape index (κ2) is 22.6. The Balaban J connectivity index is 0.000000200. The fraction of sp³-hybridized carbons (Fsp3) is 0.154. The molecule has 19 heteroatoms. The molecule has 0 unspecified atom stereocenters. The van der Waals surface area contributed by atoms with Crippen LogP contribution in [0.4, 0.5) is 11.4 Å². The molecular weight excluding hydrogens is 991 g/mol. The second-order valence-electron chi connectivity index (χ2n) is 16.3. The summed E-state index contributed by atoms with van der Waals surface area (Å²) in [7, 11) is -7.66. The Bertz CT molecular complexity index is 3200. The number of aliphatic carboxylic acids is 2. The van der Waals surface area contributed by atoms with Gasteiger partial charge in [0.25, 0.3) is 11.9 Å². The molecule has 0 fully saturated rings. The van der Waals surface area contributed by atoms with Crippen molar-refractivity contribution in [3.8, 4) is 11.5 Å². The molecule has 8 aromatic rings. The standard InChI is InChI=1S/2C24H21N3O3S.2C2H4O2.Ni/c2*1-16-9-12-19(13-10-16)31(29,30)27-15-18-5-2-3-7-20(18)26-24(27)21-14-11-17-6-4-8-22(28)23(17)25-21;2*1-2(3)4;/h2*2-14,24,26,28H,15H2,1H3;2*1H3,(H,3,4);/q;;;;+2/p-2/t2*24-;;;/m00.../s1. The minimum atomic E-state index is -3.83. The third-order valence-electron chi connectivity index (χ3n) is 11.1. The summed E-state index contributed by atoms with van der Waals surface area (Å²) in [4.78, 5) is 27.6. The Morgan fingerprint density at radius 2 is 0.859 bits per heavy atom. The SMILES string of the molecule is CC(=O)O.CC(=O)O.Cc1ccc(S(=O)(=O)N2Cc3ccccc3N[C@@H]2c2ccc3cccc([O-])c3n2)cc1.Cc1ccc(S(=O)(=O)N2Cc3ccccc3N[C@@H]2c2ccc3cccc([O-])c3n2)cc1.[Ni+2]. The topological polar surface area (TPSA) is 245 Å². The number of pyridine rings is 2. The van der Waals surface area contributed by atoms with E-state index < -0.39 is 44.3 Å². The van der Waals surface area contributed by atoms with Crippen LogP contribution in [0.1, 0.15) is 59.8 Å². The van der Waals surface area contributed by atoms with Gasteiger partial charge in [0.05, 0.1) is 32.2 Å². The fourth-order valence-electron chi connectivity index (χ4n) is 7.71. The van der Waals surface area contributed by atoms with Gasteiger partial charge in [-0.3, -0.25) is 9.59 Å². The molecule has 0 aliphatic carbocycles. The van der Waals surface area contributed by atoms with Crippen molar-refractivity contribution in [3.05, 3.63) is 191 Å². The minimum absolute atomic E-state index is 0. The van der Waals surface area contributed by atoms with Crippen LogP contribution in [0.15, 0.2) is 168 Å². The summed E-state index contributed by atoms with van der Waals surface area (Å²) in [5.41, 5.74) is 7.01. The maximum atomic E-state index is 13.6. The van der Waals surface area contributed by atoms with Gasteiger partial charge in [0.15, 0.2) is 0 Å².